The molecule has 0 amide bonds. The van der Waals surface area contributed by atoms with Crippen LogP contribution in [0.2, 0.25) is 0 Å². The Labute approximate surface area is 125 Å². The molecule has 0 aliphatic rings. The third-order valence-electron chi connectivity index (χ3n) is 2.99. The Morgan fingerprint density at radius 1 is 1.43 bits per heavy atom. The van der Waals surface area contributed by atoms with E-state index in [9.17, 15) is 10.1 Å². The molecule has 0 fully saturated rings. The molecule has 1 rings (SSSR count). The maximum Gasteiger partial charge on any atom is 0.329 e. The van der Waals surface area contributed by atoms with Crippen molar-refractivity contribution in [1.29, 1.82) is 0 Å². The SMILES string of the molecule is CCNc1ncc([N+](=O)[O-])c(NC(CN(C)C)C(C)C)n1. The molecule has 0 radical (unpaired) electrons. The summed E-state index contributed by atoms with van der Waals surface area (Å²) in [5, 5.41) is 17.3. The zero-order valence-electron chi connectivity index (χ0n) is 13.3. The minimum absolute atomic E-state index is 0.0584. The van der Waals surface area contributed by atoms with Gasteiger partial charge in [-0.25, -0.2) is 4.98 Å². The van der Waals surface area contributed by atoms with E-state index in [0.717, 1.165) is 6.54 Å². The van der Waals surface area contributed by atoms with Crippen LogP contribution >= 0.6 is 0 Å². The molecule has 1 heterocycles. The summed E-state index contributed by atoms with van der Waals surface area (Å²) >= 11 is 0. The number of anilines is 2. The van der Waals surface area contributed by atoms with Gasteiger partial charge >= 0.3 is 5.69 Å². The van der Waals surface area contributed by atoms with Crippen LogP contribution in [0.4, 0.5) is 17.5 Å². The van der Waals surface area contributed by atoms with Gasteiger partial charge in [0.1, 0.15) is 6.20 Å². The van der Waals surface area contributed by atoms with Crippen molar-refractivity contribution in [1.82, 2.24) is 14.9 Å². The Morgan fingerprint density at radius 3 is 2.57 bits per heavy atom. The van der Waals surface area contributed by atoms with Crippen molar-refractivity contribution in [2.75, 3.05) is 37.8 Å². The number of nitro groups is 1. The van der Waals surface area contributed by atoms with E-state index in [1.807, 2.05) is 25.9 Å². The monoisotopic (exact) mass is 296 g/mol. The molecule has 1 unspecified atom stereocenters. The van der Waals surface area contributed by atoms with Crippen LogP contribution < -0.4 is 10.6 Å². The van der Waals surface area contributed by atoms with Crippen LogP contribution in [0.1, 0.15) is 20.8 Å². The van der Waals surface area contributed by atoms with E-state index < -0.39 is 4.92 Å². The van der Waals surface area contributed by atoms with E-state index in [0.29, 0.717) is 18.4 Å². The number of nitrogens with one attached hydrogen (secondary N) is 2. The van der Waals surface area contributed by atoms with Crippen molar-refractivity contribution in [2.24, 2.45) is 5.92 Å². The average molecular weight is 296 g/mol. The molecule has 0 aromatic carbocycles. The predicted molar refractivity (Wildman–Crippen MR) is 83.7 cm³/mol. The minimum atomic E-state index is -0.467. The van der Waals surface area contributed by atoms with Crippen molar-refractivity contribution in [3.63, 3.8) is 0 Å². The lowest BCUT2D eigenvalue weighted by molar-refractivity contribution is -0.384. The van der Waals surface area contributed by atoms with E-state index >= 15 is 0 Å². The second-order valence-electron chi connectivity index (χ2n) is 5.47. The molecule has 0 bridgehead atoms. The first-order valence-electron chi connectivity index (χ1n) is 7.01. The summed E-state index contributed by atoms with van der Waals surface area (Å²) in [6, 6.07) is 0.0584. The van der Waals surface area contributed by atoms with Crippen LogP contribution in [-0.4, -0.2) is 53.0 Å². The van der Waals surface area contributed by atoms with Gasteiger partial charge < -0.3 is 15.5 Å². The molecule has 0 saturated heterocycles. The highest BCUT2D eigenvalue weighted by Crippen LogP contribution is 2.24. The zero-order chi connectivity index (χ0) is 16.0. The Balaban J connectivity index is 3.06. The Kier molecular flexibility index (Phi) is 6.29. The summed E-state index contributed by atoms with van der Waals surface area (Å²) in [6.07, 6.45) is 1.24. The van der Waals surface area contributed by atoms with Crippen molar-refractivity contribution in [3.05, 3.63) is 16.3 Å². The molecule has 0 spiro atoms. The van der Waals surface area contributed by atoms with Crippen LogP contribution in [-0.2, 0) is 0 Å². The molecule has 0 saturated carbocycles. The van der Waals surface area contributed by atoms with Gasteiger partial charge in [-0.3, -0.25) is 10.1 Å². The highest BCUT2D eigenvalue weighted by molar-refractivity contribution is 5.57. The van der Waals surface area contributed by atoms with Gasteiger partial charge in [0, 0.05) is 19.1 Å². The van der Waals surface area contributed by atoms with Crippen LogP contribution in [0.5, 0.6) is 0 Å². The summed E-state index contributed by atoms with van der Waals surface area (Å²) < 4.78 is 0. The second-order valence-corrected chi connectivity index (χ2v) is 5.47. The van der Waals surface area contributed by atoms with Crippen molar-refractivity contribution in [2.45, 2.75) is 26.8 Å². The molecule has 0 aliphatic heterocycles. The first kappa shape index (κ1) is 17.1. The second kappa shape index (κ2) is 7.72. The quantitative estimate of drug-likeness (QED) is 0.558. The molecule has 1 aromatic heterocycles. The fraction of sp³-hybridized carbons (Fsp3) is 0.692. The first-order valence-corrected chi connectivity index (χ1v) is 7.01. The molecule has 2 N–H and O–H groups in total. The first-order chi connectivity index (χ1) is 9.85. The summed E-state index contributed by atoms with van der Waals surface area (Å²) in [7, 11) is 3.94. The van der Waals surface area contributed by atoms with E-state index in [1.54, 1.807) is 0 Å². The molecular formula is C13H24N6O2. The average Bonchev–Trinajstić information content (AvgIpc) is 2.37. The third kappa shape index (κ3) is 5.14. The molecular weight excluding hydrogens is 272 g/mol. The number of likely N-dealkylation sites (N-methyl/N-ethyl adjacent to an activating group) is 1. The van der Waals surface area contributed by atoms with E-state index in [1.165, 1.54) is 6.20 Å². The van der Waals surface area contributed by atoms with Crippen molar-refractivity contribution in [3.8, 4) is 0 Å². The Hall–Kier alpha value is -1.96. The van der Waals surface area contributed by atoms with Gasteiger partial charge in [-0.05, 0) is 26.9 Å². The lowest BCUT2D eigenvalue weighted by Crippen LogP contribution is -2.37. The van der Waals surface area contributed by atoms with Crippen LogP contribution in [0.15, 0.2) is 6.20 Å². The van der Waals surface area contributed by atoms with Crippen molar-refractivity contribution >= 4 is 17.5 Å². The summed E-state index contributed by atoms with van der Waals surface area (Å²) in [6.45, 7) is 7.47. The lowest BCUT2D eigenvalue weighted by Gasteiger charge is -2.26. The van der Waals surface area contributed by atoms with E-state index in [-0.39, 0.29) is 17.5 Å². The zero-order valence-corrected chi connectivity index (χ0v) is 13.3. The summed E-state index contributed by atoms with van der Waals surface area (Å²) in [5.41, 5.74) is -0.110. The lowest BCUT2D eigenvalue weighted by atomic mass is 10.0. The Bertz CT molecular complexity index is 478. The molecule has 0 aliphatic carbocycles. The third-order valence-corrected chi connectivity index (χ3v) is 2.99. The van der Waals surface area contributed by atoms with E-state index in [2.05, 4.69) is 34.4 Å². The van der Waals surface area contributed by atoms with E-state index in [4.69, 9.17) is 0 Å². The van der Waals surface area contributed by atoms with Gasteiger partial charge in [-0.1, -0.05) is 13.8 Å². The summed E-state index contributed by atoms with van der Waals surface area (Å²) in [4.78, 5) is 20.9. The largest absolute Gasteiger partial charge is 0.360 e. The topological polar surface area (TPSA) is 96.2 Å². The van der Waals surface area contributed by atoms with Gasteiger partial charge in [-0.15, -0.1) is 0 Å². The molecule has 1 atom stereocenters. The van der Waals surface area contributed by atoms with Crippen molar-refractivity contribution < 1.29 is 4.92 Å². The van der Waals surface area contributed by atoms with Crippen LogP contribution in [0.25, 0.3) is 0 Å². The number of hydrogen-bond acceptors (Lipinski definition) is 7. The number of aromatic nitrogens is 2. The van der Waals surface area contributed by atoms with Gasteiger partial charge in [0.05, 0.1) is 4.92 Å². The summed E-state index contributed by atoms with van der Waals surface area (Å²) in [5.74, 6) is 0.953. The number of rotatable bonds is 8. The van der Waals surface area contributed by atoms with Gasteiger partial charge in [0.2, 0.25) is 11.8 Å². The number of nitrogens with zero attached hydrogens (tertiary/aromatic N) is 4. The normalized spacial score (nSPS) is 12.5. The maximum absolute atomic E-state index is 11.1. The molecule has 8 nitrogen and oxygen atoms in total. The minimum Gasteiger partial charge on any atom is -0.360 e. The van der Waals surface area contributed by atoms with Crippen LogP contribution in [0, 0.1) is 16.0 Å². The standard InChI is InChI=1S/C13H24N6O2/c1-6-14-13-15-7-11(19(20)21)12(17-13)16-10(9(2)3)8-18(4)5/h7,9-10H,6,8H2,1-5H3,(H2,14,15,16,17). The Morgan fingerprint density at radius 2 is 2.10 bits per heavy atom. The highest BCUT2D eigenvalue weighted by atomic mass is 16.6. The van der Waals surface area contributed by atoms with Gasteiger partial charge in [0.25, 0.3) is 0 Å². The molecule has 1 aromatic rings. The molecule has 21 heavy (non-hydrogen) atoms. The maximum atomic E-state index is 11.1. The number of hydrogen-bond donors (Lipinski definition) is 2. The van der Waals surface area contributed by atoms with Gasteiger partial charge in [-0.2, -0.15) is 4.98 Å². The smallest absolute Gasteiger partial charge is 0.329 e. The fourth-order valence-electron chi connectivity index (χ4n) is 1.85. The van der Waals surface area contributed by atoms with Crippen LogP contribution in [0.3, 0.4) is 0 Å². The molecule has 8 heteroatoms. The predicted octanol–water partition coefficient (Wildman–Crippen LogP) is 1.81. The molecule has 118 valence electrons. The highest BCUT2D eigenvalue weighted by Gasteiger charge is 2.22. The van der Waals surface area contributed by atoms with Gasteiger partial charge in [0.15, 0.2) is 0 Å². The fourth-order valence-corrected chi connectivity index (χ4v) is 1.85.